The molecule has 102 valence electrons. The highest BCUT2D eigenvalue weighted by molar-refractivity contribution is 5.55. The summed E-state index contributed by atoms with van der Waals surface area (Å²) < 4.78 is 5.47. The van der Waals surface area contributed by atoms with Crippen molar-refractivity contribution >= 4 is 11.6 Å². The minimum atomic E-state index is 0.626. The maximum Gasteiger partial charge on any atom is 0.148 e. The highest BCUT2D eigenvalue weighted by atomic mass is 16.5. The van der Waals surface area contributed by atoms with Crippen LogP contribution in [0.2, 0.25) is 0 Å². The zero-order valence-corrected chi connectivity index (χ0v) is 11.2. The van der Waals surface area contributed by atoms with E-state index in [4.69, 9.17) is 10.6 Å². The third-order valence-electron chi connectivity index (χ3n) is 2.44. The molecule has 1 aromatic heterocycles. The van der Waals surface area contributed by atoms with E-state index in [1.165, 1.54) is 6.33 Å². The van der Waals surface area contributed by atoms with Crippen molar-refractivity contribution in [1.82, 2.24) is 14.9 Å². The first-order valence-electron chi connectivity index (χ1n) is 5.89. The number of nitrogens with zero attached hydrogens (tertiary/aromatic N) is 3. The minimum absolute atomic E-state index is 0.626. The van der Waals surface area contributed by atoms with E-state index in [-0.39, 0.29) is 0 Å². The molecule has 4 N–H and O–H groups in total. The van der Waals surface area contributed by atoms with Gasteiger partial charge in [-0.3, -0.25) is 0 Å². The molecular formula is C11H22N6O. The number of nitrogens with two attached hydrogens (primary N) is 1. The van der Waals surface area contributed by atoms with E-state index in [1.807, 2.05) is 21.0 Å². The molecule has 0 radical (unpaired) electrons. The first kappa shape index (κ1) is 14.6. The van der Waals surface area contributed by atoms with Gasteiger partial charge in [0.15, 0.2) is 0 Å². The lowest BCUT2D eigenvalue weighted by Gasteiger charge is -2.12. The maximum atomic E-state index is 5.47. The van der Waals surface area contributed by atoms with Gasteiger partial charge in [0.2, 0.25) is 0 Å². The Morgan fingerprint density at radius 3 is 2.67 bits per heavy atom. The summed E-state index contributed by atoms with van der Waals surface area (Å²) in [5.74, 6) is 6.74. The third-order valence-corrected chi connectivity index (χ3v) is 2.44. The number of nitrogen functional groups attached to an aromatic ring is 1. The van der Waals surface area contributed by atoms with Gasteiger partial charge < -0.3 is 20.4 Å². The molecule has 0 atom stereocenters. The molecule has 0 unspecified atom stereocenters. The second-order valence-electron chi connectivity index (χ2n) is 4.18. The minimum Gasteiger partial charge on any atom is -0.378 e. The Balaban J connectivity index is 2.27. The zero-order chi connectivity index (χ0) is 13.4. The Morgan fingerprint density at radius 1 is 1.28 bits per heavy atom. The molecule has 1 rings (SSSR count). The number of ether oxygens (including phenoxy) is 1. The number of aromatic nitrogens is 2. The number of nitrogens with one attached hydrogen (secondary N) is 2. The molecule has 0 bridgehead atoms. The van der Waals surface area contributed by atoms with E-state index >= 15 is 0 Å². The van der Waals surface area contributed by atoms with Crippen molar-refractivity contribution in [2.24, 2.45) is 5.84 Å². The highest BCUT2D eigenvalue weighted by Gasteiger charge is 2.04. The summed E-state index contributed by atoms with van der Waals surface area (Å²) in [5, 5.41) is 3.19. The molecule has 18 heavy (non-hydrogen) atoms. The Labute approximate surface area is 108 Å². The summed E-state index contributed by atoms with van der Waals surface area (Å²) in [5.41, 5.74) is 3.43. The lowest BCUT2D eigenvalue weighted by Crippen LogP contribution is -2.20. The molecule has 0 saturated carbocycles. The molecule has 0 aliphatic heterocycles. The Morgan fingerprint density at radius 2 is 2.00 bits per heavy atom. The number of hydrogen-bond acceptors (Lipinski definition) is 7. The fourth-order valence-corrected chi connectivity index (χ4v) is 1.36. The van der Waals surface area contributed by atoms with E-state index in [9.17, 15) is 0 Å². The summed E-state index contributed by atoms with van der Waals surface area (Å²) in [6.45, 7) is 4.91. The van der Waals surface area contributed by atoms with E-state index in [2.05, 4.69) is 25.6 Å². The molecule has 7 nitrogen and oxygen atoms in total. The van der Waals surface area contributed by atoms with Crippen molar-refractivity contribution < 1.29 is 4.74 Å². The standard InChI is InChI=1S/C11H22N6O/c1-9-10(14-8-15-11(9)16-12)13-4-6-18-7-5-17(2)3/h8H,4-7,12H2,1-3H3,(H2,13,14,15,16). The molecule has 0 aliphatic carbocycles. The predicted octanol–water partition coefficient (Wildman–Crippen LogP) is 0.0607. The van der Waals surface area contributed by atoms with Gasteiger partial charge in [-0.1, -0.05) is 0 Å². The fourth-order valence-electron chi connectivity index (χ4n) is 1.36. The van der Waals surface area contributed by atoms with Gasteiger partial charge in [0.1, 0.15) is 18.0 Å². The average Bonchev–Trinajstić information content (AvgIpc) is 2.35. The van der Waals surface area contributed by atoms with Crippen molar-refractivity contribution in [3.63, 3.8) is 0 Å². The van der Waals surface area contributed by atoms with Crippen LogP contribution in [0.1, 0.15) is 5.56 Å². The summed E-state index contributed by atoms with van der Waals surface area (Å²) in [4.78, 5) is 10.2. The second kappa shape index (κ2) is 7.80. The first-order valence-corrected chi connectivity index (χ1v) is 5.89. The predicted molar refractivity (Wildman–Crippen MR) is 72.4 cm³/mol. The van der Waals surface area contributed by atoms with Crippen LogP contribution in [0.25, 0.3) is 0 Å². The molecule has 0 fully saturated rings. The van der Waals surface area contributed by atoms with Crippen LogP contribution < -0.4 is 16.6 Å². The van der Waals surface area contributed by atoms with Crippen molar-refractivity contribution in [2.45, 2.75) is 6.92 Å². The Hall–Kier alpha value is -1.44. The summed E-state index contributed by atoms with van der Waals surface area (Å²) in [6, 6.07) is 0. The van der Waals surface area contributed by atoms with E-state index in [0.717, 1.165) is 24.5 Å². The Bertz CT molecular complexity index is 357. The summed E-state index contributed by atoms with van der Waals surface area (Å²) in [6.07, 6.45) is 1.47. The van der Waals surface area contributed by atoms with Gasteiger partial charge >= 0.3 is 0 Å². The number of hydrogen-bond donors (Lipinski definition) is 3. The molecule has 0 aliphatic rings. The number of likely N-dealkylation sites (N-methyl/N-ethyl adjacent to an activating group) is 1. The topological polar surface area (TPSA) is 88.3 Å². The molecule has 1 heterocycles. The monoisotopic (exact) mass is 254 g/mol. The largest absolute Gasteiger partial charge is 0.378 e. The SMILES string of the molecule is Cc1c(NN)ncnc1NCCOCCN(C)C. The van der Waals surface area contributed by atoms with Crippen molar-refractivity contribution in [3.05, 3.63) is 11.9 Å². The van der Waals surface area contributed by atoms with E-state index in [0.29, 0.717) is 19.0 Å². The van der Waals surface area contributed by atoms with Crippen LogP contribution in [-0.4, -0.2) is 55.3 Å². The van der Waals surface area contributed by atoms with Crippen LogP contribution in [0.3, 0.4) is 0 Å². The molecule has 0 aromatic carbocycles. The van der Waals surface area contributed by atoms with Crippen LogP contribution in [0, 0.1) is 6.92 Å². The summed E-state index contributed by atoms with van der Waals surface area (Å²) in [7, 11) is 4.04. The fraction of sp³-hybridized carbons (Fsp3) is 0.636. The number of hydrazine groups is 1. The summed E-state index contributed by atoms with van der Waals surface area (Å²) >= 11 is 0. The average molecular weight is 254 g/mol. The quantitative estimate of drug-likeness (QED) is 0.343. The third kappa shape index (κ3) is 4.82. The van der Waals surface area contributed by atoms with Crippen molar-refractivity contribution in [3.8, 4) is 0 Å². The van der Waals surface area contributed by atoms with Crippen LogP contribution in [0.5, 0.6) is 0 Å². The lowest BCUT2D eigenvalue weighted by molar-refractivity contribution is 0.126. The molecule has 0 spiro atoms. The van der Waals surface area contributed by atoms with Gasteiger partial charge in [0, 0.05) is 18.7 Å². The van der Waals surface area contributed by atoms with Gasteiger partial charge in [0.25, 0.3) is 0 Å². The molecular weight excluding hydrogens is 232 g/mol. The van der Waals surface area contributed by atoms with Gasteiger partial charge in [0.05, 0.1) is 13.2 Å². The van der Waals surface area contributed by atoms with E-state index in [1.54, 1.807) is 0 Å². The Kier molecular flexibility index (Phi) is 6.34. The van der Waals surface area contributed by atoms with Gasteiger partial charge in [-0.15, -0.1) is 0 Å². The van der Waals surface area contributed by atoms with Gasteiger partial charge in [-0.25, -0.2) is 15.8 Å². The molecule has 7 heteroatoms. The normalized spacial score (nSPS) is 10.7. The van der Waals surface area contributed by atoms with Gasteiger partial charge in [-0.05, 0) is 21.0 Å². The zero-order valence-electron chi connectivity index (χ0n) is 11.2. The lowest BCUT2D eigenvalue weighted by atomic mass is 10.3. The van der Waals surface area contributed by atoms with Crippen molar-refractivity contribution in [2.75, 3.05) is 51.1 Å². The first-order chi connectivity index (χ1) is 8.65. The van der Waals surface area contributed by atoms with Crippen LogP contribution in [-0.2, 0) is 4.74 Å². The van der Waals surface area contributed by atoms with Crippen LogP contribution in [0.15, 0.2) is 6.33 Å². The van der Waals surface area contributed by atoms with Crippen molar-refractivity contribution in [1.29, 1.82) is 0 Å². The second-order valence-corrected chi connectivity index (χ2v) is 4.18. The smallest absolute Gasteiger partial charge is 0.148 e. The molecule has 0 amide bonds. The van der Waals surface area contributed by atoms with Crippen LogP contribution in [0.4, 0.5) is 11.6 Å². The van der Waals surface area contributed by atoms with E-state index < -0.39 is 0 Å². The van der Waals surface area contributed by atoms with Gasteiger partial charge in [-0.2, -0.15) is 0 Å². The highest BCUT2D eigenvalue weighted by Crippen LogP contribution is 2.16. The number of anilines is 2. The number of rotatable bonds is 8. The molecule has 0 saturated heterocycles. The maximum absolute atomic E-state index is 5.47. The van der Waals surface area contributed by atoms with Crippen LogP contribution >= 0.6 is 0 Å². The molecule has 1 aromatic rings.